The van der Waals surface area contributed by atoms with Gasteiger partial charge in [0, 0.05) is 61.8 Å². The van der Waals surface area contributed by atoms with Gasteiger partial charge in [-0.3, -0.25) is 38.4 Å². The van der Waals surface area contributed by atoms with Gasteiger partial charge in [0.2, 0.25) is 35.4 Å². The minimum atomic E-state index is -2.21. The largest absolute Gasteiger partial charge is 0.441 e. The van der Waals surface area contributed by atoms with Gasteiger partial charge in [-0.1, -0.05) is 6.92 Å². The highest BCUT2D eigenvalue weighted by Crippen LogP contribution is 2.35. The fraction of sp³-hybridized carbons (Fsp3) is 0.633. The van der Waals surface area contributed by atoms with Gasteiger partial charge in [0.05, 0.1) is 72.7 Å². The average molecular weight is 1510 g/mol. The lowest BCUT2D eigenvalue weighted by Gasteiger charge is -2.47. The monoisotopic (exact) mass is 1510 g/mol. The molecular weight excluding hydrogens is 1420 g/mol. The Balaban J connectivity index is 1.18. The number of hydrogen-bond acceptors (Lipinski definition) is 34. The number of carbonyl (C=O) groups excluding carboxylic acids is 9. The highest BCUT2D eigenvalue weighted by Gasteiger charge is 2.54. The van der Waals surface area contributed by atoms with Gasteiger partial charge in [-0.25, -0.2) is 29.7 Å². The summed E-state index contributed by atoms with van der Waals surface area (Å²) >= 11 is 2.48. The molecule has 2 aliphatic heterocycles. The first-order chi connectivity index (χ1) is 49.3. The minimum Gasteiger partial charge on any atom is -0.441 e. The van der Waals surface area contributed by atoms with E-state index in [2.05, 4.69) is 72.4 Å². The number of amides is 9. The smallest absolute Gasteiger partial charge is 0.404 e. The van der Waals surface area contributed by atoms with Crippen molar-refractivity contribution in [3.63, 3.8) is 0 Å². The molecule has 4 aromatic rings. The summed E-state index contributed by atoms with van der Waals surface area (Å²) in [6.07, 6.45) is -22.4. The summed E-state index contributed by atoms with van der Waals surface area (Å²) in [6, 6.07) is -7.90. The lowest BCUT2D eigenvalue weighted by Crippen LogP contribution is -2.65. The number of rotatable bonds is 43. The molecule has 29 N–H and O–H groups in total. The molecule has 0 radical (unpaired) electrons. The standard InChI is InChI=1S/C60H94N20O22S2/c1-24-38(77-51(80-49(24)64)29(16-36(63)85)72-17-28(61)50(65)91)55(95)79-40(46(30-18-69-23-73-30)100-59-48(44(89)42(87)33(19-81)99-59)101-58-45(90)47(102-60(66)97)43(88)34(20-82)98-58)56(96)74-26(3)41(86)25(2)52(92)78-39(27(4)83)54(94)71-15-9-37-75-32(22-103-37)57-76-31(21-104-57)53(93)70-13-7-12-67-10-5-6-11-68-14-8-35(62)84/h18,21-23,25-29,33-34,39-48,58-59,67-68,72,81-83,86-90H,5-17,19-20,61H2,1-4H3,(H2,62,84)(H2,63,85)(H2,65,91)(H2,66,97)(H,69,73)(H,70,93)(H,71,94)(H,74,96)(H,78,92)(H,79,95)(H2,64,77,80). The molecule has 4 aromatic heterocycles. The van der Waals surface area contributed by atoms with Crippen molar-refractivity contribution in [2.45, 2.75) is 176 Å². The summed E-state index contributed by atoms with van der Waals surface area (Å²) in [5.41, 5.74) is 33.2. The van der Waals surface area contributed by atoms with E-state index in [0.29, 0.717) is 48.2 Å². The molecule has 44 heteroatoms. The predicted octanol–water partition coefficient (Wildman–Crippen LogP) is -8.75. The van der Waals surface area contributed by atoms with Crippen molar-refractivity contribution in [2.24, 2.45) is 34.6 Å². The molecule has 6 rings (SSSR count). The van der Waals surface area contributed by atoms with Gasteiger partial charge in [0.1, 0.15) is 94.6 Å². The van der Waals surface area contributed by atoms with Crippen LogP contribution in [0, 0.1) is 12.8 Å². The quantitative estimate of drug-likeness (QED) is 0.0183. The topological polar surface area (TPSA) is 694 Å². The van der Waals surface area contributed by atoms with Crippen LogP contribution in [-0.4, -0.2) is 281 Å². The van der Waals surface area contributed by atoms with E-state index in [1.807, 2.05) is 0 Å². The molecule has 2 fully saturated rings. The van der Waals surface area contributed by atoms with E-state index in [1.165, 1.54) is 50.4 Å². The van der Waals surface area contributed by atoms with Crippen LogP contribution in [0.2, 0.25) is 0 Å². The van der Waals surface area contributed by atoms with E-state index < -0.39 is 183 Å². The number of nitrogens with two attached hydrogens (primary N) is 6. The Labute approximate surface area is 602 Å². The minimum absolute atomic E-state index is 0.0253. The average Bonchev–Trinajstić information content (AvgIpc) is 0.940. The number of carbonyl (C=O) groups is 9. The Morgan fingerprint density at radius 1 is 0.702 bits per heavy atom. The number of anilines is 1. The van der Waals surface area contributed by atoms with Crippen LogP contribution in [0.4, 0.5) is 10.6 Å². The van der Waals surface area contributed by atoms with Crippen molar-refractivity contribution in [1.29, 1.82) is 0 Å². The molecule has 19 atom stereocenters. The third kappa shape index (κ3) is 24.1. The van der Waals surface area contributed by atoms with E-state index in [1.54, 1.807) is 10.8 Å². The lowest BCUT2D eigenvalue weighted by molar-refractivity contribution is -0.372. The Hall–Kier alpha value is -8.26. The summed E-state index contributed by atoms with van der Waals surface area (Å²) < 4.78 is 28.8. The summed E-state index contributed by atoms with van der Waals surface area (Å²) in [5, 5.41) is 115. The number of hydrogen-bond donors (Lipinski definition) is 23. The maximum atomic E-state index is 15.2. The molecule has 2 aliphatic rings. The predicted molar refractivity (Wildman–Crippen MR) is 363 cm³/mol. The molecule has 19 unspecified atom stereocenters. The number of thiazole rings is 2. The number of aliphatic hydroxyl groups excluding tert-OH is 8. The van der Waals surface area contributed by atoms with Crippen molar-refractivity contribution < 1.29 is 108 Å². The third-order valence-corrected chi connectivity index (χ3v) is 18.4. The van der Waals surface area contributed by atoms with Crippen molar-refractivity contribution >= 4 is 81.8 Å². The van der Waals surface area contributed by atoms with Crippen LogP contribution < -0.4 is 76.9 Å². The van der Waals surface area contributed by atoms with Gasteiger partial charge in [-0.05, 0) is 59.7 Å². The Morgan fingerprint density at radius 2 is 1.38 bits per heavy atom. The summed E-state index contributed by atoms with van der Waals surface area (Å²) in [5.74, 6) is -9.15. The maximum Gasteiger partial charge on any atom is 0.404 e. The molecule has 0 spiro atoms. The molecule has 0 saturated carbocycles. The van der Waals surface area contributed by atoms with Gasteiger partial charge < -0.3 is 146 Å². The SMILES string of the molecule is Cc1c(N)nc(C(CC(N)=O)NCC(N)C(N)=O)nc1C(=O)NC(C(=O)NC(C)C(O)C(C)C(=O)NC(C(=O)NCCc1nc(-c2nc(C(=O)NCCCNCCCCNCCC(N)=O)cs2)cs1)C(C)O)C(OC1OC(CO)C(O)C(O)C1OC1OC(CO)C(O)C(OC(N)=O)C1O)c1cnc[nH]1. The Kier molecular flexibility index (Phi) is 33.3. The van der Waals surface area contributed by atoms with E-state index in [9.17, 15) is 79.2 Å². The molecule has 578 valence electrons. The molecule has 42 nitrogen and oxygen atoms in total. The third-order valence-electron chi connectivity index (χ3n) is 16.6. The molecule has 9 amide bonds. The molecule has 0 bridgehead atoms. The first-order valence-corrected chi connectivity index (χ1v) is 34.8. The number of nitrogens with zero attached hydrogens (tertiary/aromatic N) is 5. The van der Waals surface area contributed by atoms with Gasteiger partial charge in [-0.15, -0.1) is 22.7 Å². The summed E-state index contributed by atoms with van der Waals surface area (Å²) in [4.78, 5) is 142. The number of unbranched alkanes of at least 4 members (excludes halogenated alkanes) is 1. The Bertz CT molecular complexity index is 3490. The second kappa shape index (κ2) is 40.9. The maximum absolute atomic E-state index is 15.2. The normalized spacial score (nSPS) is 23.0. The number of aromatic amines is 1. The van der Waals surface area contributed by atoms with Crippen molar-refractivity contribution in [3.8, 4) is 10.7 Å². The van der Waals surface area contributed by atoms with Crippen LogP contribution in [0.1, 0.15) is 108 Å². The fourth-order valence-corrected chi connectivity index (χ4v) is 12.2. The van der Waals surface area contributed by atoms with Crippen LogP contribution >= 0.6 is 22.7 Å². The van der Waals surface area contributed by atoms with E-state index in [0.717, 1.165) is 38.5 Å². The van der Waals surface area contributed by atoms with Gasteiger partial charge in [-0.2, -0.15) is 0 Å². The van der Waals surface area contributed by atoms with Crippen LogP contribution in [0.3, 0.4) is 0 Å². The van der Waals surface area contributed by atoms with Crippen LogP contribution in [0.15, 0.2) is 23.3 Å². The van der Waals surface area contributed by atoms with Crippen LogP contribution in [0.25, 0.3) is 10.7 Å². The second-order valence-corrected chi connectivity index (χ2v) is 26.4. The molecule has 0 aromatic carbocycles. The molecular formula is C60H94N20O22S2. The molecule has 6 heterocycles. The fourth-order valence-electron chi connectivity index (χ4n) is 10.6. The van der Waals surface area contributed by atoms with E-state index in [-0.39, 0.29) is 59.9 Å². The number of imidazole rings is 1. The number of H-pyrrole nitrogens is 1. The highest BCUT2D eigenvalue weighted by atomic mass is 32.1. The van der Waals surface area contributed by atoms with Gasteiger partial charge in [0.15, 0.2) is 18.7 Å². The highest BCUT2D eigenvalue weighted by molar-refractivity contribution is 7.14. The zero-order valence-corrected chi connectivity index (χ0v) is 58.8. The zero-order chi connectivity index (χ0) is 76.6. The van der Waals surface area contributed by atoms with E-state index >= 15 is 4.79 Å². The zero-order valence-electron chi connectivity index (χ0n) is 57.2. The number of primary amides is 4. The van der Waals surface area contributed by atoms with Gasteiger partial charge >= 0.3 is 6.09 Å². The number of aromatic nitrogens is 6. The lowest BCUT2D eigenvalue weighted by atomic mass is 9.96. The molecule has 2 saturated heterocycles. The van der Waals surface area contributed by atoms with Crippen molar-refractivity contribution in [3.05, 3.63) is 56.8 Å². The number of aliphatic hydroxyl groups is 8. The second-order valence-electron chi connectivity index (χ2n) is 24.6. The van der Waals surface area contributed by atoms with Crippen molar-refractivity contribution in [2.75, 3.05) is 64.8 Å². The number of nitrogens with one attached hydrogen (secondary N) is 9. The Morgan fingerprint density at radius 3 is 2.01 bits per heavy atom. The number of ether oxygens (including phenoxy) is 5. The summed E-state index contributed by atoms with van der Waals surface area (Å²) in [6.45, 7) is 5.84. The van der Waals surface area contributed by atoms with Crippen LogP contribution in [-0.2, 0) is 58.9 Å². The van der Waals surface area contributed by atoms with Gasteiger partial charge in [0.25, 0.3) is 11.8 Å². The first-order valence-electron chi connectivity index (χ1n) is 33.0. The number of nitrogen functional groups attached to an aromatic ring is 1. The molecule has 0 aliphatic carbocycles. The van der Waals surface area contributed by atoms with Crippen LogP contribution in [0.5, 0.6) is 0 Å². The van der Waals surface area contributed by atoms with E-state index in [4.69, 9.17) is 58.1 Å². The first kappa shape index (κ1) is 84.7. The van der Waals surface area contributed by atoms with Crippen molar-refractivity contribution in [1.82, 2.24) is 72.4 Å². The molecule has 104 heavy (non-hydrogen) atoms. The summed E-state index contributed by atoms with van der Waals surface area (Å²) in [7, 11) is 0.